The minimum Gasteiger partial charge on any atom is -0.497 e. The summed E-state index contributed by atoms with van der Waals surface area (Å²) in [5, 5.41) is 7.60. The van der Waals surface area contributed by atoms with Crippen molar-refractivity contribution < 1.29 is 9.53 Å². The van der Waals surface area contributed by atoms with Crippen molar-refractivity contribution in [1.82, 2.24) is 15.1 Å². The molecule has 3 aromatic carbocycles. The summed E-state index contributed by atoms with van der Waals surface area (Å²) in [6, 6.07) is 26.5. The molecule has 1 atom stereocenters. The van der Waals surface area contributed by atoms with Crippen molar-refractivity contribution in [3.63, 3.8) is 0 Å². The first-order valence-electron chi connectivity index (χ1n) is 11.4. The zero-order chi connectivity index (χ0) is 22.8. The lowest BCUT2D eigenvalue weighted by molar-refractivity contribution is 0.0746. The normalized spacial score (nSPS) is 15.0. The number of amides is 1. The van der Waals surface area contributed by atoms with Gasteiger partial charge in [-0.1, -0.05) is 61.5 Å². The molecule has 0 saturated carbocycles. The molecule has 33 heavy (non-hydrogen) atoms. The third-order valence-corrected chi connectivity index (χ3v) is 6.42. The molecule has 0 aliphatic carbocycles. The van der Waals surface area contributed by atoms with Crippen molar-refractivity contribution >= 4 is 5.91 Å². The Labute approximate surface area is 194 Å². The van der Waals surface area contributed by atoms with Crippen molar-refractivity contribution in [2.24, 2.45) is 0 Å². The van der Waals surface area contributed by atoms with Crippen LogP contribution in [0.2, 0.25) is 0 Å². The quantitative estimate of drug-likeness (QED) is 0.419. The van der Waals surface area contributed by atoms with E-state index in [1.807, 2.05) is 47.4 Å². The lowest BCUT2D eigenvalue weighted by Crippen LogP contribution is -2.31. The molecule has 5 nitrogen and oxygen atoms in total. The molecule has 1 aliphatic heterocycles. The number of hydrogen-bond donors (Lipinski definition) is 1. The van der Waals surface area contributed by atoms with Gasteiger partial charge in [0, 0.05) is 17.7 Å². The van der Waals surface area contributed by atoms with Gasteiger partial charge in [0.25, 0.3) is 5.91 Å². The molecule has 1 unspecified atom stereocenters. The van der Waals surface area contributed by atoms with Gasteiger partial charge in [0.15, 0.2) is 0 Å². The Kier molecular flexibility index (Phi) is 5.69. The third kappa shape index (κ3) is 3.91. The molecule has 4 aromatic rings. The van der Waals surface area contributed by atoms with Crippen LogP contribution in [0.4, 0.5) is 0 Å². The maximum Gasteiger partial charge on any atom is 0.273 e. The Morgan fingerprint density at radius 2 is 1.67 bits per heavy atom. The van der Waals surface area contributed by atoms with Crippen LogP contribution in [-0.4, -0.2) is 34.7 Å². The van der Waals surface area contributed by atoms with Crippen molar-refractivity contribution in [2.75, 3.05) is 13.7 Å². The van der Waals surface area contributed by atoms with E-state index in [1.54, 1.807) is 7.11 Å². The number of H-pyrrole nitrogens is 1. The molecule has 1 N–H and O–H groups in total. The standard InChI is InChI=1S/C28H27N3O2/c1-3-19-9-11-22(12-10-19)27-24-25(21-13-15-23(33-2)16-14-21)29-30-26(24)28(32)31(27)18-17-20-7-5-4-6-8-20/h4-16,27H,3,17-18H2,1-2H3,(H,29,30). The topological polar surface area (TPSA) is 58.2 Å². The molecule has 0 spiro atoms. The molecular formula is C28H27N3O2. The zero-order valence-corrected chi connectivity index (χ0v) is 18.9. The minimum atomic E-state index is -0.182. The van der Waals surface area contributed by atoms with Crippen LogP contribution in [0.15, 0.2) is 78.9 Å². The number of carbonyl (C=O) groups is 1. The van der Waals surface area contributed by atoms with Crippen LogP contribution < -0.4 is 4.74 Å². The van der Waals surface area contributed by atoms with E-state index in [4.69, 9.17) is 4.74 Å². The highest BCUT2D eigenvalue weighted by Gasteiger charge is 2.41. The van der Waals surface area contributed by atoms with Crippen LogP contribution in [-0.2, 0) is 12.8 Å². The van der Waals surface area contributed by atoms with Crippen LogP contribution >= 0.6 is 0 Å². The third-order valence-electron chi connectivity index (χ3n) is 6.42. The summed E-state index contributed by atoms with van der Waals surface area (Å²) in [7, 11) is 1.65. The average Bonchev–Trinajstić information content (AvgIpc) is 3.42. The van der Waals surface area contributed by atoms with Crippen LogP contribution in [0, 0.1) is 0 Å². The Morgan fingerprint density at radius 1 is 0.939 bits per heavy atom. The highest BCUT2D eigenvalue weighted by atomic mass is 16.5. The smallest absolute Gasteiger partial charge is 0.273 e. The van der Waals surface area contributed by atoms with Crippen molar-refractivity contribution in [3.05, 3.63) is 107 Å². The second-order valence-corrected chi connectivity index (χ2v) is 8.32. The first-order valence-corrected chi connectivity index (χ1v) is 11.4. The van der Waals surface area contributed by atoms with Gasteiger partial charge in [-0.25, -0.2) is 0 Å². The van der Waals surface area contributed by atoms with E-state index in [9.17, 15) is 4.79 Å². The molecule has 1 aromatic heterocycles. The molecule has 1 aliphatic rings. The van der Waals surface area contributed by atoms with Crippen molar-refractivity contribution in [3.8, 4) is 17.0 Å². The predicted molar refractivity (Wildman–Crippen MR) is 129 cm³/mol. The zero-order valence-electron chi connectivity index (χ0n) is 18.9. The number of nitrogens with zero attached hydrogens (tertiary/aromatic N) is 2. The van der Waals surface area contributed by atoms with Gasteiger partial charge in [0.2, 0.25) is 0 Å². The van der Waals surface area contributed by atoms with Gasteiger partial charge >= 0.3 is 0 Å². The molecule has 0 bridgehead atoms. The summed E-state index contributed by atoms with van der Waals surface area (Å²) in [5.41, 5.74) is 6.90. The minimum absolute atomic E-state index is 0.00207. The van der Waals surface area contributed by atoms with E-state index in [0.717, 1.165) is 41.0 Å². The number of carbonyl (C=O) groups excluding carboxylic acids is 1. The van der Waals surface area contributed by atoms with Crippen LogP contribution in [0.25, 0.3) is 11.3 Å². The first kappa shape index (κ1) is 21.0. The number of aryl methyl sites for hydroxylation is 1. The summed E-state index contributed by atoms with van der Waals surface area (Å²) < 4.78 is 5.31. The molecular weight excluding hydrogens is 410 g/mol. The summed E-state index contributed by atoms with van der Waals surface area (Å²) in [4.78, 5) is 15.5. The van der Waals surface area contributed by atoms with Gasteiger partial charge in [-0.3, -0.25) is 9.89 Å². The number of fused-ring (bicyclic) bond motifs is 1. The summed E-state index contributed by atoms with van der Waals surface area (Å²) in [5.74, 6) is 0.788. The SMILES string of the molecule is CCc1ccc(C2c3c(-c4ccc(OC)cc4)n[nH]c3C(=O)N2CCc2ccccc2)cc1. The van der Waals surface area contributed by atoms with Crippen LogP contribution in [0.3, 0.4) is 0 Å². The molecule has 0 saturated heterocycles. The van der Waals surface area contributed by atoms with E-state index in [1.165, 1.54) is 11.1 Å². The predicted octanol–water partition coefficient (Wildman–Crippen LogP) is 5.44. The molecule has 2 heterocycles. The summed E-state index contributed by atoms with van der Waals surface area (Å²) in [6.07, 6.45) is 1.78. The van der Waals surface area contributed by atoms with E-state index in [2.05, 4.69) is 53.5 Å². The molecule has 0 fully saturated rings. The lowest BCUT2D eigenvalue weighted by atomic mass is 9.95. The molecule has 0 radical (unpaired) electrons. The van der Waals surface area contributed by atoms with E-state index >= 15 is 0 Å². The fourth-order valence-corrected chi connectivity index (χ4v) is 4.57. The van der Waals surface area contributed by atoms with Gasteiger partial charge in [-0.2, -0.15) is 5.10 Å². The van der Waals surface area contributed by atoms with Gasteiger partial charge in [0.05, 0.1) is 18.8 Å². The number of ether oxygens (including phenoxy) is 1. The van der Waals surface area contributed by atoms with Crippen molar-refractivity contribution in [1.29, 1.82) is 0 Å². The number of benzene rings is 3. The lowest BCUT2D eigenvalue weighted by Gasteiger charge is -2.26. The largest absolute Gasteiger partial charge is 0.497 e. The number of rotatable bonds is 7. The maximum atomic E-state index is 13.5. The summed E-state index contributed by atoms with van der Waals surface area (Å²) >= 11 is 0. The van der Waals surface area contributed by atoms with E-state index < -0.39 is 0 Å². The van der Waals surface area contributed by atoms with E-state index in [0.29, 0.717) is 12.2 Å². The van der Waals surface area contributed by atoms with Gasteiger partial charge in [-0.15, -0.1) is 0 Å². The molecule has 5 heteroatoms. The monoisotopic (exact) mass is 437 g/mol. The summed E-state index contributed by atoms with van der Waals surface area (Å²) in [6.45, 7) is 2.78. The molecule has 1 amide bonds. The second-order valence-electron chi connectivity index (χ2n) is 8.32. The Bertz CT molecular complexity index is 1240. The van der Waals surface area contributed by atoms with Gasteiger partial charge in [0.1, 0.15) is 11.4 Å². The average molecular weight is 438 g/mol. The Morgan fingerprint density at radius 3 is 2.33 bits per heavy atom. The van der Waals surface area contributed by atoms with Crippen LogP contribution in [0.5, 0.6) is 5.75 Å². The van der Waals surface area contributed by atoms with Gasteiger partial charge in [-0.05, 0) is 53.8 Å². The van der Waals surface area contributed by atoms with Gasteiger partial charge < -0.3 is 9.64 Å². The number of aromatic nitrogens is 2. The first-order chi connectivity index (χ1) is 16.2. The number of hydrogen-bond acceptors (Lipinski definition) is 3. The highest BCUT2D eigenvalue weighted by Crippen LogP contribution is 2.43. The molecule has 5 rings (SSSR count). The van der Waals surface area contributed by atoms with E-state index in [-0.39, 0.29) is 11.9 Å². The fourth-order valence-electron chi connectivity index (χ4n) is 4.57. The fraction of sp³-hybridized carbons (Fsp3) is 0.214. The van der Waals surface area contributed by atoms with Crippen LogP contribution in [0.1, 0.15) is 45.7 Å². The maximum absolute atomic E-state index is 13.5. The number of aromatic amines is 1. The highest BCUT2D eigenvalue weighted by molar-refractivity contribution is 6.00. The number of nitrogens with one attached hydrogen (secondary N) is 1. The van der Waals surface area contributed by atoms with Crippen molar-refractivity contribution in [2.45, 2.75) is 25.8 Å². The Hall–Kier alpha value is -3.86. The number of methoxy groups -OCH3 is 1. The Balaban J connectivity index is 1.56. The second kappa shape index (κ2) is 8.94. The molecule has 166 valence electrons.